The molecule has 2 aliphatic rings. The highest BCUT2D eigenvalue weighted by Crippen LogP contribution is 2.50. The van der Waals surface area contributed by atoms with Gasteiger partial charge in [-0.3, -0.25) is 0 Å². The van der Waals surface area contributed by atoms with Crippen molar-refractivity contribution in [3.05, 3.63) is 35.3 Å². The molecule has 1 heterocycles. The van der Waals surface area contributed by atoms with E-state index in [9.17, 15) is 10.2 Å². The minimum absolute atomic E-state index is 0.0220. The fourth-order valence-corrected chi connectivity index (χ4v) is 3.61. The van der Waals surface area contributed by atoms with Crippen LogP contribution in [-0.2, 0) is 12.8 Å². The zero-order valence-corrected chi connectivity index (χ0v) is 11.1. The molecule has 0 fully saturated rings. The van der Waals surface area contributed by atoms with E-state index in [1.807, 2.05) is 13.0 Å². The highest BCUT2D eigenvalue weighted by Gasteiger charge is 2.52. The van der Waals surface area contributed by atoms with Crippen molar-refractivity contribution in [3.8, 4) is 0 Å². The first-order valence-electron chi connectivity index (χ1n) is 6.50. The molecule has 0 spiro atoms. The van der Waals surface area contributed by atoms with Gasteiger partial charge in [0.25, 0.3) is 0 Å². The first-order valence-corrected chi connectivity index (χ1v) is 6.50. The second kappa shape index (κ2) is 3.49. The van der Waals surface area contributed by atoms with Gasteiger partial charge in [0.05, 0.1) is 11.9 Å². The van der Waals surface area contributed by atoms with Gasteiger partial charge in [-0.2, -0.15) is 0 Å². The molecule has 0 aromatic carbocycles. The summed E-state index contributed by atoms with van der Waals surface area (Å²) in [5, 5.41) is 20.6. The van der Waals surface area contributed by atoms with Gasteiger partial charge in [0, 0.05) is 12.3 Å². The van der Waals surface area contributed by atoms with Crippen LogP contribution in [0.4, 0.5) is 0 Å². The molecule has 0 amide bonds. The number of fused-ring (bicyclic) bond motifs is 2. The lowest BCUT2D eigenvalue weighted by Gasteiger charge is -2.50. The highest BCUT2D eigenvalue weighted by molar-refractivity contribution is 5.35. The van der Waals surface area contributed by atoms with Gasteiger partial charge in [-0.1, -0.05) is 19.1 Å². The minimum atomic E-state index is -1.08. The molecule has 4 atom stereocenters. The SMILES string of the molecule is Cc1coc2c1CC1C(C)(C=CC(O)C1(C)O)C2. The summed E-state index contributed by atoms with van der Waals surface area (Å²) in [5.41, 5.74) is 1.14. The van der Waals surface area contributed by atoms with E-state index in [1.165, 1.54) is 5.56 Å². The summed E-state index contributed by atoms with van der Waals surface area (Å²) < 4.78 is 5.62. The van der Waals surface area contributed by atoms with E-state index in [2.05, 4.69) is 6.92 Å². The van der Waals surface area contributed by atoms with E-state index in [-0.39, 0.29) is 11.3 Å². The van der Waals surface area contributed by atoms with Crippen molar-refractivity contribution < 1.29 is 14.6 Å². The van der Waals surface area contributed by atoms with Gasteiger partial charge in [-0.15, -0.1) is 0 Å². The molecule has 0 saturated heterocycles. The number of hydrogen-bond acceptors (Lipinski definition) is 3. The minimum Gasteiger partial charge on any atom is -0.469 e. The van der Waals surface area contributed by atoms with E-state index >= 15 is 0 Å². The number of aryl methyl sites for hydroxylation is 1. The molecule has 0 bridgehead atoms. The van der Waals surface area contributed by atoms with Gasteiger partial charge in [0.2, 0.25) is 0 Å². The molecule has 0 saturated carbocycles. The standard InChI is InChI=1S/C15H20O3/c1-9-8-18-11-7-14(2)5-4-13(16)15(3,17)12(14)6-10(9)11/h4-5,8,12-13,16-17H,6-7H2,1-3H3. The lowest BCUT2D eigenvalue weighted by molar-refractivity contribution is -0.120. The summed E-state index contributed by atoms with van der Waals surface area (Å²) in [6.07, 6.45) is 6.32. The van der Waals surface area contributed by atoms with Crippen LogP contribution in [0, 0.1) is 18.3 Å². The maximum atomic E-state index is 10.6. The van der Waals surface area contributed by atoms with Crippen LogP contribution in [0.25, 0.3) is 0 Å². The molecular formula is C15H20O3. The van der Waals surface area contributed by atoms with Crippen LogP contribution in [0.3, 0.4) is 0 Å². The summed E-state index contributed by atoms with van der Waals surface area (Å²) in [6, 6.07) is 0. The predicted octanol–water partition coefficient (Wildman–Crippen LogP) is 1.99. The third-order valence-electron chi connectivity index (χ3n) is 4.90. The quantitative estimate of drug-likeness (QED) is 0.690. The molecule has 2 aliphatic carbocycles. The molecule has 3 rings (SSSR count). The number of hydrogen-bond donors (Lipinski definition) is 2. The fraction of sp³-hybridized carbons (Fsp3) is 0.600. The average Bonchev–Trinajstić information content (AvgIpc) is 2.64. The van der Waals surface area contributed by atoms with E-state index in [0.717, 1.165) is 24.2 Å². The smallest absolute Gasteiger partial charge is 0.108 e. The Morgan fingerprint density at radius 3 is 2.83 bits per heavy atom. The Kier molecular flexibility index (Phi) is 2.32. The van der Waals surface area contributed by atoms with Crippen LogP contribution in [0.2, 0.25) is 0 Å². The van der Waals surface area contributed by atoms with Crippen molar-refractivity contribution in [3.63, 3.8) is 0 Å². The van der Waals surface area contributed by atoms with Crippen molar-refractivity contribution in [1.82, 2.24) is 0 Å². The Bertz CT molecular complexity index is 512. The predicted molar refractivity (Wildman–Crippen MR) is 68.2 cm³/mol. The van der Waals surface area contributed by atoms with Crippen molar-refractivity contribution in [2.24, 2.45) is 11.3 Å². The number of furan rings is 1. The molecule has 2 N–H and O–H groups in total. The zero-order valence-electron chi connectivity index (χ0n) is 11.1. The van der Waals surface area contributed by atoms with Crippen LogP contribution >= 0.6 is 0 Å². The Morgan fingerprint density at radius 1 is 1.39 bits per heavy atom. The van der Waals surface area contributed by atoms with Crippen molar-refractivity contribution in [2.45, 2.75) is 45.3 Å². The van der Waals surface area contributed by atoms with E-state index in [0.29, 0.717) is 0 Å². The molecule has 0 aliphatic heterocycles. The summed E-state index contributed by atoms with van der Waals surface area (Å²) >= 11 is 0. The maximum absolute atomic E-state index is 10.6. The summed E-state index contributed by atoms with van der Waals surface area (Å²) in [5.74, 6) is 1.05. The van der Waals surface area contributed by atoms with Gasteiger partial charge >= 0.3 is 0 Å². The Labute approximate surface area is 107 Å². The molecule has 98 valence electrons. The highest BCUT2D eigenvalue weighted by atomic mass is 16.3. The van der Waals surface area contributed by atoms with Gasteiger partial charge in [-0.25, -0.2) is 0 Å². The number of aliphatic hydroxyl groups is 2. The molecule has 3 nitrogen and oxygen atoms in total. The van der Waals surface area contributed by atoms with Crippen LogP contribution in [0.5, 0.6) is 0 Å². The molecule has 18 heavy (non-hydrogen) atoms. The Balaban J connectivity index is 2.10. The molecular weight excluding hydrogens is 228 g/mol. The lowest BCUT2D eigenvalue weighted by atomic mass is 9.57. The first-order chi connectivity index (χ1) is 8.34. The molecule has 0 radical (unpaired) electrons. The van der Waals surface area contributed by atoms with Gasteiger partial charge in [0.15, 0.2) is 0 Å². The van der Waals surface area contributed by atoms with Crippen LogP contribution in [0.15, 0.2) is 22.8 Å². The first kappa shape index (κ1) is 12.0. The molecule has 3 heteroatoms. The van der Waals surface area contributed by atoms with Gasteiger partial charge in [0.1, 0.15) is 11.9 Å². The summed E-state index contributed by atoms with van der Waals surface area (Å²) in [7, 11) is 0. The normalized spacial score (nSPS) is 42.5. The third-order valence-corrected chi connectivity index (χ3v) is 4.90. The van der Waals surface area contributed by atoms with Crippen molar-refractivity contribution in [2.75, 3.05) is 0 Å². The Hall–Kier alpha value is -1.06. The van der Waals surface area contributed by atoms with E-state index in [4.69, 9.17) is 4.42 Å². The zero-order chi connectivity index (χ0) is 13.1. The van der Waals surface area contributed by atoms with Crippen LogP contribution < -0.4 is 0 Å². The fourth-order valence-electron chi connectivity index (χ4n) is 3.61. The van der Waals surface area contributed by atoms with Gasteiger partial charge in [-0.05, 0) is 36.8 Å². The van der Waals surface area contributed by atoms with E-state index < -0.39 is 11.7 Å². The van der Waals surface area contributed by atoms with Crippen LogP contribution in [0.1, 0.15) is 30.7 Å². The molecule has 1 aromatic rings. The monoisotopic (exact) mass is 248 g/mol. The second-order valence-corrected chi connectivity index (χ2v) is 6.29. The number of aliphatic hydroxyl groups excluding tert-OH is 1. The number of allylic oxidation sites excluding steroid dienone is 1. The van der Waals surface area contributed by atoms with E-state index in [1.54, 1.807) is 19.3 Å². The number of rotatable bonds is 0. The second-order valence-electron chi connectivity index (χ2n) is 6.29. The maximum Gasteiger partial charge on any atom is 0.108 e. The molecule has 4 unspecified atom stereocenters. The Morgan fingerprint density at radius 2 is 2.11 bits per heavy atom. The van der Waals surface area contributed by atoms with Crippen molar-refractivity contribution in [1.29, 1.82) is 0 Å². The third kappa shape index (κ3) is 1.44. The topological polar surface area (TPSA) is 53.6 Å². The van der Waals surface area contributed by atoms with Gasteiger partial charge < -0.3 is 14.6 Å². The van der Waals surface area contributed by atoms with Crippen LogP contribution in [-0.4, -0.2) is 21.9 Å². The molecule has 1 aromatic heterocycles. The summed E-state index contributed by atoms with van der Waals surface area (Å²) in [4.78, 5) is 0. The lowest BCUT2D eigenvalue weighted by Crippen LogP contribution is -2.56. The van der Waals surface area contributed by atoms with Crippen molar-refractivity contribution >= 4 is 0 Å². The average molecular weight is 248 g/mol. The summed E-state index contributed by atoms with van der Waals surface area (Å²) in [6.45, 7) is 5.91. The largest absolute Gasteiger partial charge is 0.469 e.